The van der Waals surface area contributed by atoms with Gasteiger partial charge in [-0.2, -0.15) is 5.10 Å². The normalized spacial score (nSPS) is 14.4. The SMILES string of the molecule is CCC(F)c1nn(C)cc1C(C)(C)C. The molecule has 1 unspecified atom stereocenters. The highest BCUT2D eigenvalue weighted by molar-refractivity contribution is 5.26. The van der Waals surface area contributed by atoms with Crippen molar-refractivity contribution in [2.24, 2.45) is 7.05 Å². The first-order chi connectivity index (χ1) is 6.36. The van der Waals surface area contributed by atoms with Gasteiger partial charge in [-0.3, -0.25) is 4.68 Å². The highest BCUT2D eigenvalue weighted by Gasteiger charge is 2.25. The van der Waals surface area contributed by atoms with Gasteiger partial charge in [-0.1, -0.05) is 27.7 Å². The number of alkyl halides is 1. The van der Waals surface area contributed by atoms with E-state index in [-0.39, 0.29) is 5.41 Å². The maximum atomic E-state index is 13.6. The van der Waals surface area contributed by atoms with Gasteiger partial charge in [0.25, 0.3) is 0 Å². The van der Waals surface area contributed by atoms with E-state index in [0.717, 1.165) is 5.56 Å². The number of aromatic nitrogens is 2. The minimum Gasteiger partial charge on any atom is -0.275 e. The van der Waals surface area contributed by atoms with Gasteiger partial charge in [-0.05, 0) is 11.8 Å². The van der Waals surface area contributed by atoms with E-state index >= 15 is 0 Å². The lowest BCUT2D eigenvalue weighted by atomic mass is 9.86. The third-order valence-electron chi connectivity index (χ3n) is 2.32. The van der Waals surface area contributed by atoms with Gasteiger partial charge in [0.2, 0.25) is 0 Å². The summed E-state index contributed by atoms with van der Waals surface area (Å²) >= 11 is 0. The molecule has 1 aromatic heterocycles. The minimum atomic E-state index is -0.939. The van der Waals surface area contributed by atoms with Crippen LogP contribution in [0.25, 0.3) is 0 Å². The number of hydrogen-bond donors (Lipinski definition) is 0. The average molecular weight is 198 g/mol. The van der Waals surface area contributed by atoms with Gasteiger partial charge in [-0.15, -0.1) is 0 Å². The standard InChI is InChI=1S/C11H19FN2/c1-6-9(12)10-8(11(2,3)4)7-14(5)13-10/h7,9H,6H2,1-5H3. The second-order valence-electron chi connectivity index (χ2n) is 4.73. The Balaban J connectivity index is 3.16. The molecule has 0 radical (unpaired) electrons. The Morgan fingerprint density at radius 2 is 2.07 bits per heavy atom. The second-order valence-corrected chi connectivity index (χ2v) is 4.73. The number of hydrogen-bond acceptors (Lipinski definition) is 1. The van der Waals surface area contributed by atoms with Crippen LogP contribution >= 0.6 is 0 Å². The van der Waals surface area contributed by atoms with Crippen LogP contribution in [0, 0.1) is 0 Å². The number of nitrogens with zero attached hydrogens (tertiary/aromatic N) is 2. The first-order valence-electron chi connectivity index (χ1n) is 5.04. The van der Waals surface area contributed by atoms with Crippen molar-refractivity contribution in [3.05, 3.63) is 17.5 Å². The molecule has 3 heteroatoms. The Labute approximate surface area is 85.1 Å². The van der Waals surface area contributed by atoms with Crippen molar-refractivity contribution in [2.45, 2.75) is 45.7 Å². The molecule has 1 rings (SSSR count). The predicted molar refractivity (Wildman–Crippen MR) is 56.0 cm³/mol. The molecule has 0 aromatic carbocycles. The van der Waals surface area contributed by atoms with Crippen LogP contribution in [0.3, 0.4) is 0 Å². The van der Waals surface area contributed by atoms with Crippen LogP contribution in [0.5, 0.6) is 0 Å². The van der Waals surface area contributed by atoms with E-state index in [0.29, 0.717) is 12.1 Å². The molecule has 0 aliphatic carbocycles. The van der Waals surface area contributed by atoms with E-state index in [2.05, 4.69) is 25.9 Å². The third-order valence-corrected chi connectivity index (χ3v) is 2.32. The fourth-order valence-electron chi connectivity index (χ4n) is 1.51. The summed E-state index contributed by atoms with van der Waals surface area (Å²) in [4.78, 5) is 0. The molecule has 0 aliphatic heterocycles. The van der Waals surface area contributed by atoms with E-state index in [4.69, 9.17) is 0 Å². The summed E-state index contributed by atoms with van der Waals surface area (Å²) in [7, 11) is 1.83. The summed E-state index contributed by atoms with van der Waals surface area (Å²) < 4.78 is 15.3. The largest absolute Gasteiger partial charge is 0.275 e. The van der Waals surface area contributed by atoms with Crippen LogP contribution in [0.2, 0.25) is 0 Å². The highest BCUT2D eigenvalue weighted by Crippen LogP contribution is 2.31. The summed E-state index contributed by atoms with van der Waals surface area (Å²) in [6.07, 6.45) is 1.46. The molecule has 2 nitrogen and oxygen atoms in total. The zero-order valence-corrected chi connectivity index (χ0v) is 9.63. The topological polar surface area (TPSA) is 17.8 Å². The van der Waals surface area contributed by atoms with Crippen molar-refractivity contribution in [3.8, 4) is 0 Å². The average Bonchev–Trinajstić information content (AvgIpc) is 2.45. The Bertz CT molecular complexity index is 310. The second kappa shape index (κ2) is 3.71. The number of rotatable bonds is 2. The Morgan fingerprint density at radius 1 is 1.50 bits per heavy atom. The molecule has 80 valence electrons. The van der Waals surface area contributed by atoms with Gasteiger partial charge in [0.05, 0.1) is 0 Å². The van der Waals surface area contributed by atoms with Crippen LogP contribution in [-0.2, 0) is 12.5 Å². The molecular formula is C11H19FN2. The number of halogens is 1. The first kappa shape index (κ1) is 11.2. The molecule has 0 aliphatic rings. The zero-order valence-electron chi connectivity index (χ0n) is 9.63. The highest BCUT2D eigenvalue weighted by atomic mass is 19.1. The first-order valence-corrected chi connectivity index (χ1v) is 5.04. The maximum Gasteiger partial charge on any atom is 0.144 e. The van der Waals surface area contributed by atoms with Gasteiger partial charge in [-0.25, -0.2) is 4.39 Å². The fourth-order valence-corrected chi connectivity index (χ4v) is 1.51. The molecule has 1 atom stereocenters. The van der Waals surface area contributed by atoms with Crippen LogP contribution < -0.4 is 0 Å². The van der Waals surface area contributed by atoms with Crippen molar-refractivity contribution in [2.75, 3.05) is 0 Å². The molecule has 0 amide bonds. The van der Waals surface area contributed by atoms with Crippen LogP contribution in [0.15, 0.2) is 6.20 Å². The van der Waals surface area contributed by atoms with E-state index in [9.17, 15) is 4.39 Å². The van der Waals surface area contributed by atoms with E-state index in [1.807, 2.05) is 20.2 Å². The zero-order chi connectivity index (χ0) is 10.9. The number of aryl methyl sites for hydroxylation is 1. The lowest BCUT2D eigenvalue weighted by Crippen LogP contribution is -2.13. The molecule has 0 bridgehead atoms. The van der Waals surface area contributed by atoms with Crippen molar-refractivity contribution in [1.29, 1.82) is 0 Å². The Kier molecular flexibility index (Phi) is 2.98. The molecular weight excluding hydrogens is 179 g/mol. The predicted octanol–water partition coefficient (Wildman–Crippen LogP) is 3.14. The van der Waals surface area contributed by atoms with E-state index in [1.165, 1.54) is 0 Å². The lowest BCUT2D eigenvalue weighted by Gasteiger charge is -2.19. The van der Waals surface area contributed by atoms with Gasteiger partial charge in [0, 0.05) is 18.8 Å². The van der Waals surface area contributed by atoms with Gasteiger partial charge in [0.1, 0.15) is 11.9 Å². The van der Waals surface area contributed by atoms with Crippen molar-refractivity contribution < 1.29 is 4.39 Å². The quantitative estimate of drug-likeness (QED) is 0.713. The molecule has 0 N–H and O–H groups in total. The molecule has 0 fully saturated rings. The fraction of sp³-hybridized carbons (Fsp3) is 0.727. The van der Waals surface area contributed by atoms with Crippen LogP contribution in [0.4, 0.5) is 4.39 Å². The lowest BCUT2D eigenvalue weighted by molar-refractivity contribution is 0.319. The van der Waals surface area contributed by atoms with Gasteiger partial charge < -0.3 is 0 Å². The van der Waals surface area contributed by atoms with Crippen molar-refractivity contribution >= 4 is 0 Å². The monoisotopic (exact) mass is 198 g/mol. The molecule has 0 saturated heterocycles. The summed E-state index contributed by atoms with van der Waals surface area (Å²) in [6.45, 7) is 8.08. The maximum absolute atomic E-state index is 13.6. The van der Waals surface area contributed by atoms with Crippen molar-refractivity contribution in [1.82, 2.24) is 9.78 Å². The Morgan fingerprint density at radius 3 is 2.50 bits per heavy atom. The smallest absolute Gasteiger partial charge is 0.144 e. The van der Waals surface area contributed by atoms with Crippen molar-refractivity contribution in [3.63, 3.8) is 0 Å². The molecule has 0 saturated carbocycles. The third kappa shape index (κ3) is 2.14. The van der Waals surface area contributed by atoms with E-state index < -0.39 is 6.17 Å². The molecule has 1 heterocycles. The summed E-state index contributed by atoms with van der Waals surface area (Å²) in [5.41, 5.74) is 1.57. The summed E-state index contributed by atoms with van der Waals surface area (Å²) in [5, 5.41) is 4.19. The van der Waals surface area contributed by atoms with Gasteiger partial charge >= 0.3 is 0 Å². The van der Waals surface area contributed by atoms with E-state index in [1.54, 1.807) is 4.68 Å². The van der Waals surface area contributed by atoms with Gasteiger partial charge in [0.15, 0.2) is 0 Å². The minimum absolute atomic E-state index is 0.0386. The molecule has 14 heavy (non-hydrogen) atoms. The summed E-state index contributed by atoms with van der Waals surface area (Å²) in [5.74, 6) is 0. The van der Waals surface area contributed by atoms with Crippen LogP contribution in [-0.4, -0.2) is 9.78 Å². The van der Waals surface area contributed by atoms with Crippen LogP contribution in [0.1, 0.15) is 51.5 Å². The molecule has 1 aromatic rings. The summed E-state index contributed by atoms with van der Waals surface area (Å²) in [6, 6.07) is 0. The Hall–Kier alpha value is -0.860. The molecule has 0 spiro atoms.